The van der Waals surface area contributed by atoms with E-state index >= 15 is 0 Å². The van der Waals surface area contributed by atoms with Gasteiger partial charge >= 0.3 is 22.6 Å². The van der Waals surface area contributed by atoms with Gasteiger partial charge < -0.3 is 23.1 Å². The topological polar surface area (TPSA) is 144 Å². The highest BCUT2D eigenvalue weighted by Gasteiger charge is 2.00. The minimum Gasteiger partial charge on any atom is -0.372 e. The van der Waals surface area contributed by atoms with Gasteiger partial charge in [-0.25, -0.2) is 4.57 Å². The van der Waals surface area contributed by atoms with E-state index in [0.29, 0.717) is 0 Å². The maximum atomic E-state index is 8.88. The molecule has 7 nitrogen and oxygen atoms in total. The molecule has 0 aliphatic carbocycles. The lowest BCUT2D eigenvalue weighted by Gasteiger charge is -1.82. The van der Waals surface area contributed by atoms with Gasteiger partial charge in [0.2, 0.25) is 0 Å². The fourth-order valence-corrected chi connectivity index (χ4v) is 0. The minimum atomic E-state index is -4.64. The summed E-state index contributed by atoms with van der Waals surface area (Å²) in [5.74, 6) is 0. The zero-order valence-corrected chi connectivity index (χ0v) is 6.32. The summed E-state index contributed by atoms with van der Waals surface area (Å²) < 4.78 is 33.2. The zero-order valence-electron chi connectivity index (χ0n) is 3.84. The number of rotatable bonds is 0. The standard InChI is InChI=1S/BrHO3.H3O4P/c2-1(3)4;1-5(2,3)4/h2H;(H3,1,2,3,4). The molecule has 9 heteroatoms. The van der Waals surface area contributed by atoms with Crippen LogP contribution in [0.3, 0.4) is 0 Å². The molecule has 0 rings (SSSR count). The molecular weight excluding hydrogens is 223 g/mol. The van der Waals surface area contributed by atoms with Gasteiger partial charge in [-0.2, -0.15) is 0 Å². The van der Waals surface area contributed by atoms with Crippen molar-refractivity contribution in [2.75, 3.05) is 0 Å². The second-order valence-electron chi connectivity index (χ2n) is 0.714. The summed E-state index contributed by atoms with van der Waals surface area (Å²) in [7, 11) is -4.64. The van der Waals surface area contributed by atoms with Crippen molar-refractivity contribution in [3.05, 3.63) is 0 Å². The Balaban J connectivity index is 0. The van der Waals surface area contributed by atoms with Gasteiger partial charge in [-0.1, -0.05) is 0 Å². The molecular formula is H4BrO7P. The van der Waals surface area contributed by atoms with Gasteiger partial charge in [-0.3, -0.25) is 0 Å². The Bertz CT molecular complexity index is 80.1. The van der Waals surface area contributed by atoms with E-state index in [-0.39, 0.29) is 0 Å². The lowest BCUT2D eigenvalue weighted by molar-refractivity contribution is -1.63. The molecule has 9 heavy (non-hydrogen) atoms. The first-order chi connectivity index (χ1) is 3.73. The van der Waals surface area contributed by atoms with Gasteiger partial charge in [0.1, 0.15) is 0 Å². The van der Waals surface area contributed by atoms with Crippen LogP contribution in [-0.4, -0.2) is 18.9 Å². The quantitative estimate of drug-likeness (QED) is 0.310. The van der Waals surface area contributed by atoms with E-state index in [9.17, 15) is 0 Å². The highest BCUT2D eigenvalue weighted by molar-refractivity contribution is 7.45. The molecule has 4 N–H and O–H groups in total. The second kappa shape index (κ2) is 5.27. The van der Waals surface area contributed by atoms with Crippen molar-refractivity contribution in [1.29, 1.82) is 0 Å². The Morgan fingerprint density at radius 1 is 1.22 bits per heavy atom. The van der Waals surface area contributed by atoms with Crippen LogP contribution in [0.4, 0.5) is 0 Å². The van der Waals surface area contributed by atoms with Crippen molar-refractivity contribution in [2.45, 2.75) is 0 Å². The average molecular weight is 227 g/mol. The smallest absolute Gasteiger partial charge is 0.372 e. The summed E-state index contributed by atoms with van der Waals surface area (Å²) in [6.07, 6.45) is 0. The van der Waals surface area contributed by atoms with E-state index in [0.717, 1.165) is 0 Å². The van der Waals surface area contributed by atoms with Crippen LogP contribution in [0.1, 0.15) is 0 Å². The molecule has 0 bridgehead atoms. The van der Waals surface area contributed by atoms with Gasteiger partial charge in [-0.15, -0.1) is 0 Å². The van der Waals surface area contributed by atoms with Crippen LogP contribution in [0, 0.1) is 14.8 Å². The van der Waals surface area contributed by atoms with Crippen molar-refractivity contribution in [3.63, 3.8) is 0 Å². The van der Waals surface area contributed by atoms with E-state index in [4.69, 9.17) is 31.8 Å². The molecule has 0 saturated carbocycles. The van der Waals surface area contributed by atoms with Gasteiger partial charge in [0.15, 0.2) is 0 Å². The van der Waals surface area contributed by atoms with E-state index in [1.807, 2.05) is 0 Å². The van der Waals surface area contributed by atoms with Gasteiger partial charge in [0.25, 0.3) is 0 Å². The Labute approximate surface area is 55.3 Å². The van der Waals surface area contributed by atoms with Crippen molar-refractivity contribution >= 4 is 7.82 Å². The molecule has 0 spiro atoms. The third kappa shape index (κ3) is 1610. The molecule has 0 atom stereocenters. The molecule has 0 aromatic heterocycles. The van der Waals surface area contributed by atoms with E-state index < -0.39 is 22.6 Å². The van der Waals surface area contributed by atoms with Crippen LogP contribution in [-0.2, 0) is 4.57 Å². The number of phosphoric acid groups is 1. The molecule has 0 unspecified atom stereocenters. The first-order valence-electron chi connectivity index (χ1n) is 1.26. The molecule has 0 heterocycles. The van der Waals surface area contributed by atoms with Crippen LogP contribution in [0.25, 0.3) is 0 Å². The maximum Gasteiger partial charge on any atom is 0.466 e. The molecule has 0 saturated heterocycles. The SMILES string of the molecule is O=P(O)(O)O.[O-][Br+2]([O-])O. The Hall–Kier alpha value is 0.470. The summed E-state index contributed by atoms with van der Waals surface area (Å²) in [6, 6.07) is 0. The van der Waals surface area contributed by atoms with Crippen LogP contribution >= 0.6 is 7.82 Å². The normalized spacial score (nSPS) is 10.6. The fraction of sp³-hybridized carbons (Fsp3) is 0. The fourth-order valence-electron chi connectivity index (χ4n) is 0. The maximum absolute atomic E-state index is 8.88. The van der Waals surface area contributed by atoms with Crippen molar-refractivity contribution in [3.8, 4) is 0 Å². The summed E-state index contributed by atoms with van der Waals surface area (Å²) >= 11 is -3.40. The molecule has 0 aliphatic heterocycles. The highest BCUT2D eigenvalue weighted by Crippen LogP contribution is 2.25. The van der Waals surface area contributed by atoms with Crippen LogP contribution in [0.15, 0.2) is 0 Å². The summed E-state index contributed by atoms with van der Waals surface area (Å²) in [5, 5.41) is 0. The third-order valence-corrected chi connectivity index (χ3v) is 0. The summed E-state index contributed by atoms with van der Waals surface area (Å²) in [6.45, 7) is 0. The van der Waals surface area contributed by atoms with Gasteiger partial charge in [0.05, 0.1) is 0 Å². The average Bonchev–Trinajstić information content (AvgIpc) is 1.19. The minimum absolute atomic E-state index is 3.40. The molecule has 0 radical (unpaired) electrons. The molecule has 58 valence electrons. The van der Waals surface area contributed by atoms with Crippen molar-refractivity contribution in [2.24, 2.45) is 0 Å². The second-order valence-corrected chi connectivity index (χ2v) is 2.58. The lowest BCUT2D eigenvalue weighted by atomic mass is 15.8. The first-order valence-corrected chi connectivity index (χ1v) is 4.83. The molecule has 0 aliphatic rings. The zero-order chi connectivity index (χ0) is 8.08. The Morgan fingerprint density at radius 3 is 1.22 bits per heavy atom. The largest absolute Gasteiger partial charge is 0.466 e. The first kappa shape index (κ1) is 12.2. The van der Waals surface area contributed by atoms with Crippen LogP contribution in [0.5, 0.6) is 0 Å². The molecule has 0 aromatic carbocycles. The monoisotopic (exact) mass is 226 g/mol. The molecule has 0 aromatic rings. The third-order valence-electron chi connectivity index (χ3n) is 0. The van der Waals surface area contributed by atoms with E-state index in [1.54, 1.807) is 0 Å². The van der Waals surface area contributed by atoms with Crippen molar-refractivity contribution in [1.82, 2.24) is 0 Å². The highest BCUT2D eigenvalue weighted by atomic mass is 80.0. The number of hydrogen-bond acceptors (Lipinski definition) is 4. The number of hydrogen-bond donors (Lipinski definition) is 4. The number of halogens is 1. The van der Waals surface area contributed by atoms with E-state index in [1.165, 1.54) is 0 Å². The van der Waals surface area contributed by atoms with Crippen LogP contribution < -0.4 is 8.40 Å². The summed E-state index contributed by atoms with van der Waals surface area (Å²) in [5.41, 5.74) is 0. The van der Waals surface area contributed by atoms with Crippen molar-refractivity contribution < 1.29 is 46.7 Å². The molecule has 0 amide bonds. The summed E-state index contributed by atoms with van der Waals surface area (Å²) in [4.78, 5) is 21.6. The molecule has 0 fully saturated rings. The lowest BCUT2D eigenvalue weighted by Crippen LogP contribution is -2.30. The van der Waals surface area contributed by atoms with Crippen LogP contribution in [0.2, 0.25) is 0 Å². The van der Waals surface area contributed by atoms with Gasteiger partial charge in [0, 0.05) is 0 Å². The Morgan fingerprint density at radius 2 is 1.22 bits per heavy atom. The Kier molecular flexibility index (Phi) is 7.13. The van der Waals surface area contributed by atoms with E-state index in [2.05, 4.69) is 0 Å². The van der Waals surface area contributed by atoms with Gasteiger partial charge in [-0.05, 0) is 4.20 Å². The predicted molar refractivity (Wildman–Crippen MR) is 16.5 cm³/mol. The predicted octanol–water partition coefficient (Wildman–Crippen LogP) is -3.86.